The zero-order valence-electron chi connectivity index (χ0n) is 6.49. The van der Waals surface area contributed by atoms with Crippen LogP contribution in [0.25, 0.3) is 0 Å². The summed E-state index contributed by atoms with van der Waals surface area (Å²) in [7, 11) is 0. The molecule has 1 heterocycles. The monoisotopic (exact) mass is 156 g/mol. The van der Waals surface area contributed by atoms with Gasteiger partial charge >= 0.3 is 0 Å². The fourth-order valence-corrected chi connectivity index (χ4v) is 1.40. The third-order valence-corrected chi connectivity index (χ3v) is 2.02. The standard InChI is InChI=1S/C10H8N2/c11-5-9-7-12-6-8-3-1-2-4-10(8)9/h1-4,6-7,10,12H. The molecule has 1 N–H and O–H groups in total. The minimum absolute atomic E-state index is 0.168. The summed E-state index contributed by atoms with van der Waals surface area (Å²) < 4.78 is 0. The average molecular weight is 156 g/mol. The van der Waals surface area contributed by atoms with Crippen molar-refractivity contribution in [2.45, 2.75) is 0 Å². The number of nitrogens with zero attached hydrogens (tertiary/aromatic N) is 1. The predicted molar refractivity (Wildman–Crippen MR) is 46.7 cm³/mol. The van der Waals surface area contributed by atoms with Crippen molar-refractivity contribution in [3.63, 3.8) is 0 Å². The van der Waals surface area contributed by atoms with Crippen LogP contribution in [0, 0.1) is 17.2 Å². The quantitative estimate of drug-likeness (QED) is 0.578. The van der Waals surface area contributed by atoms with Crippen molar-refractivity contribution in [3.8, 4) is 6.07 Å². The van der Waals surface area contributed by atoms with E-state index in [2.05, 4.69) is 11.4 Å². The van der Waals surface area contributed by atoms with Crippen LogP contribution in [0.2, 0.25) is 0 Å². The maximum Gasteiger partial charge on any atom is 0.0972 e. The van der Waals surface area contributed by atoms with Gasteiger partial charge in [0.25, 0.3) is 0 Å². The number of allylic oxidation sites excluding steroid dienone is 6. The summed E-state index contributed by atoms with van der Waals surface area (Å²) in [5, 5.41) is 11.7. The van der Waals surface area contributed by atoms with Crippen molar-refractivity contribution in [2.75, 3.05) is 0 Å². The minimum atomic E-state index is 0.168. The van der Waals surface area contributed by atoms with E-state index in [0.717, 1.165) is 11.1 Å². The molecule has 0 spiro atoms. The summed E-state index contributed by atoms with van der Waals surface area (Å²) in [6.07, 6.45) is 11.7. The highest BCUT2D eigenvalue weighted by molar-refractivity contribution is 5.46. The third-order valence-electron chi connectivity index (χ3n) is 2.02. The number of nitrogens with one attached hydrogen (secondary N) is 1. The van der Waals surface area contributed by atoms with Crippen LogP contribution >= 0.6 is 0 Å². The molecule has 1 aliphatic carbocycles. The van der Waals surface area contributed by atoms with Gasteiger partial charge in [0.1, 0.15) is 0 Å². The Labute approximate surface area is 71.2 Å². The molecule has 12 heavy (non-hydrogen) atoms. The van der Waals surface area contributed by atoms with Crippen LogP contribution < -0.4 is 5.32 Å². The molecule has 0 bridgehead atoms. The lowest BCUT2D eigenvalue weighted by Crippen LogP contribution is -2.14. The van der Waals surface area contributed by atoms with E-state index in [1.807, 2.05) is 30.5 Å². The van der Waals surface area contributed by atoms with Crippen molar-refractivity contribution in [1.82, 2.24) is 5.32 Å². The van der Waals surface area contributed by atoms with Crippen LogP contribution in [0.5, 0.6) is 0 Å². The fourth-order valence-electron chi connectivity index (χ4n) is 1.40. The van der Waals surface area contributed by atoms with Crippen LogP contribution in [-0.4, -0.2) is 0 Å². The van der Waals surface area contributed by atoms with E-state index in [1.165, 1.54) is 0 Å². The van der Waals surface area contributed by atoms with Crippen LogP contribution in [0.3, 0.4) is 0 Å². The van der Waals surface area contributed by atoms with Gasteiger partial charge in [-0.2, -0.15) is 5.26 Å². The topological polar surface area (TPSA) is 35.8 Å². The van der Waals surface area contributed by atoms with Crippen molar-refractivity contribution in [3.05, 3.63) is 47.9 Å². The van der Waals surface area contributed by atoms with Gasteiger partial charge in [-0.25, -0.2) is 0 Å². The van der Waals surface area contributed by atoms with Crippen LogP contribution in [-0.2, 0) is 0 Å². The molecule has 0 fully saturated rings. The molecule has 1 aliphatic heterocycles. The summed E-state index contributed by atoms with van der Waals surface area (Å²) >= 11 is 0. The van der Waals surface area contributed by atoms with Gasteiger partial charge in [-0.3, -0.25) is 0 Å². The van der Waals surface area contributed by atoms with E-state index in [1.54, 1.807) is 6.20 Å². The molecule has 1 atom stereocenters. The summed E-state index contributed by atoms with van der Waals surface area (Å²) in [6.45, 7) is 0. The van der Waals surface area contributed by atoms with Crippen LogP contribution in [0.4, 0.5) is 0 Å². The van der Waals surface area contributed by atoms with Crippen LogP contribution in [0.1, 0.15) is 0 Å². The normalized spacial score (nSPS) is 24.8. The van der Waals surface area contributed by atoms with E-state index < -0.39 is 0 Å². The van der Waals surface area contributed by atoms with Gasteiger partial charge in [-0.15, -0.1) is 0 Å². The van der Waals surface area contributed by atoms with E-state index in [9.17, 15) is 0 Å². The Balaban J connectivity index is 2.37. The number of hydrogen-bond acceptors (Lipinski definition) is 2. The lowest BCUT2D eigenvalue weighted by atomic mass is 9.88. The lowest BCUT2D eigenvalue weighted by molar-refractivity contribution is 0.879. The van der Waals surface area contributed by atoms with Gasteiger partial charge < -0.3 is 5.32 Å². The molecule has 2 heteroatoms. The number of nitriles is 1. The first-order valence-corrected chi connectivity index (χ1v) is 3.83. The first-order valence-electron chi connectivity index (χ1n) is 3.83. The Kier molecular flexibility index (Phi) is 1.56. The minimum Gasteiger partial charge on any atom is -0.366 e. The fraction of sp³-hybridized carbons (Fsp3) is 0.100. The first kappa shape index (κ1) is 6.93. The largest absolute Gasteiger partial charge is 0.366 e. The maximum absolute atomic E-state index is 8.79. The lowest BCUT2D eigenvalue weighted by Gasteiger charge is -2.19. The van der Waals surface area contributed by atoms with Gasteiger partial charge in [-0.05, 0) is 5.57 Å². The molecule has 0 aromatic rings. The van der Waals surface area contributed by atoms with E-state index >= 15 is 0 Å². The highest BCUT2D eigenvalue weighted by Gasteiger charge is 2.18. The molecule has 0 aromatic heterocycles. The molecule has 58 valence electrons. The smallest absolute Gasteiger partial charge is 0.0972 e. The zero-order valence-corrected chi connectivity index (χ0v) is 6.49. The number of dihydropyridines is 1. The second-order valence-corrected chi connectivity index (χ2v) is 2.74. The second kappa shape index (κ2) is 2.71. The van der Waals surface area contributed by atoms with Crippen molar-refractivity contribution in [1.29, 1.82) is 5.26 Å². The van der Waals surface area contributed by atoms with Gasteiger partial charge in [0.05, 0.1) is 11.6 Å². The van der Waals surface area contributed by atoms with E-state index in [0.29, 0.717) is 0 Å². The molecular formula is C10H8N2. The SMILES string of the molecule is N#CC1=CNC=C2C=CC=CC12. The molecular weight excluding hydrogens is 148 g/mol. The molecule has 0 saturated heterocycles. The molecule has 2 nitrogen and oxygen atoms in total. The second-order valence-electron chi connectivity index (χ2n) is 2.74. The molecule has 2 aliphatic rings. The Bertz CT molecular complexity index is 351. The van der Waals surface area contributed by atoms with E-state index in [4.69, 9.17) is 5.26 Å². The molecule has 0 radical (unpaired) electrons. The Hall–Kier alpha value is -1.75. The molecule has 0 saturated carbocycles. The Morgan fingerprint density at radius 1 is 1.33 bits per heavy atom. The summed E-state index contributed by atoms with van der Waals surface area (Å²) in [4.78, 5) is 0. The highest BCUT2D eigenvalue weighted by Crippen LogP contribution is 2.26. The molecule has 1 unspecified atom stereocenters. The summed E-state index contributed by atoms with van der Waals surface area (Å²) in [5.74, 6) is 0.168. The summed E-state index contributed by atoms with van der Waals surface area (Å²) in [6, 6.07) is 2.18. The first-order chi connectivity index (χ1) is 5.92. The van der Waals surface area contributed by atoms with E-state index in [-0.39, 0.29) is 5.92 Å². The number of hydrogen-bond donors (Lipinski definition) is 1. The third kappa shape index (κ3) is 0.960. The number of fused-ring (bicyclic) bond motifs is 1. The van der Waals surface area contributed by atoms with Gasteiger partial charge in [0.15, 0.2) is 0 Å². The molecule has 0 aromatic carbocycles. The zero-order chi connectivity index (χ0) is 8.39. The number of rotatable bonds is 0. The van der Waals surface area contributed by atoms with Gasteiger partial charge in [0, 0.05) is 18.3 Å². The van der Waals surface area contributed by atoms with Crippen molar-refractivity contribution in [2.24, 2.45) is 5.92 Å². The van der Waals surface area contributed by atoms with Crippen molar-refractivity contribution < 1.29 is 0 Å². The Morgan fingerprint density at radius 2 is 2.25 bits per heavy atom. The van der Waals surface area contributed by atoms with Gasteiger partial charge in [0.2, 0.25) is 0 Å². The van der Waals surface area contributed by atoms with Gasteiger partial charge in [-0.1, -0.05) is 24.3 Å². The van der Waals surface area contributed by atoms with Crippen LogP contribution in [0.15, 0.2) is 47.9 Å². The Morgan fingerprint density at radius 3 is 3.08 bits per heavy atom. The molecule has 2 rings (SSSR count). The summed E-state index contributed by atoms with van der Waals surface area (Å²) in [5.41, 5.74) is 1.92. The van der Waals surface area contributed by atoms with Crippen molar-refractivity contribution >= 4 is 0 Å². The predicted octanol–water partition coefficient (Wildman–Crippen LogP) is 1.62. The average Bonchev–Trinajstić information content (AvgIpc) is 2.17. The molecule has 0 amide bonds. The maximum atomic E-state index is 8.79. The highest BCUT2D eigenvalue weighted by atomic mass is 14.8.